The molecule has 2 N–H and O–H groups in total. The summed E-state index contributed by atoms with van der Waals surface area (Å²) in [5, 5.41) is 0.636. The first kappa shape index (κ1) is 22.1. The second kappa shape index (κ2) is 8.09. The Morgan fingerprint density at radius 3 is 2.48 bits per heavy atom. The van der Waals surface area contributed by atoms with Crippen molar-refractivity contribution in [1.82, 2.24) is 20.0 Å². The molecule has 0 radical (unpaired) electrons. The van der Waals surface area contributed by atoms with Crippen LogP contribution in [0.1, 0.15) is 69.9 Å². The minimum absolute atomic E-state index is 0.00625. The number of nitrogens with one attached hydrogen (secondary N) is 2. The number of hydrazine groups is 1. The maximum absolute atomic E-state index is 13.3. The molecule has 4 rings (SSSR count). The molecule has 2 fully saturated rings. The van der Waals surface area contributed by atoms with Crippen LogP contribution < -0.4 is 22.1 Å². The Labute approximate surface area is 185 Å². The topological polar surface area (TPSA) is 94.4 Å². The third kappa shape index (κ3) is 4.43. The molecule has 9 heteroatoms. The monoisotopic (exact) mass is 448 g/mol. The van der Waals surface area contributed by atoms with Crippen LogP contribution >= 0.6 is 11.3 Å². The predicted octanol–water partition coefficient (Wildman–Crippen LogP) is 3.44. The molecule has 8 nitrogen and oxygen atoms in total. The number of nitrogens with zero attached hydrogens (tertiary/aromatic N) is 2. The van der Waals surface area contributed by atoms with Crippen LogP contribution in [0.3, 0.4) is 0 Å². The molecule has 2 aromatic rings. The molecule has 2 saturated carbocycles. The van der Waals surface area contributed by atoms with Gasteiger partial charge in [0.1, 0.15) is 10.4 Å². The van der Waals surface area contributed by atoms with Gasteiger partial charge in [0.15, 0.2) is 0 Å². The molecule has 0 aliphatic heterocycles. The van der Waals surface area contributed by atoms with Gasteiger partial charge in [-0.05, 0) is 64.4 Å². The van der Waals surface area contributed by atoms with Crippen molar-refractivity contribution in [1.29, 1.82) is 0 Å². The number of hydrogen-bond acceptors (Lipinski definition) is 6. The van der Waals surface area contributed by atoms with E-state index in [4.69, 9.17) is 4.74 Å². The highest BCUT2D eigenvalue weighted by atomic mass is 32.1. The van der Waals surface area contributed by atoms with E-state index in [0.29, 0.717) is 30.3 Å². The highest BCUT2D eigenvalue weighted by molar-refractivity contribution is 7.18. The Bertz CT molecular complexity index is 1120. The van der Waals surface area contributed by atoms with Gasteiger partial charge in [-0.2, -0.15) is 0 Å². The number of rotatable bonds is 6. The van der Waals surface area contributed by atoms with E-state index in [-0.39, 0.29) is 17.3 Å². The van der Waals surface area contributed by atoms with Crippen molar-refractivity contribution < 1.29 is 9.53 Å². The maximum Gasteiger partial charge on any atom is 0.422 e. The molecule has 0 aromatic carbocycles. The summed E-state index contributed by atoms with van der Waals surface area (Å²) in [5.41, 5.74) is 5.36. The largest absolute Gasteiger partial charge is 0.443 e. The van der Waals surface area contributed by atoms with Gasteiger partial charge in [0.25, 0.3) is 5.56 Å². The Morgan fingerprint density at radius 2 is 1.94 bits per heavy atom. The molecule has 2 atom stereocenters. The summed E-state index contributed by atoms with van der Waals surface area (Å²) in [4.78, 5) is 40.2. The van der Waals surface area contributed by atoms with E-state index in [1.165, 1.54) is 22.3 Å². The molecule has 31 heavy (non-hydrogen) atoms. The van der Waals surface area contributed by atoms with Crippen LogP contribution in [0.2, 0.25) is 0 Å². The zero-order valence-electron chi connectivity index (χ0n) is 18.9. The lowest BCUT2D eigenvalue weighted by molar-refractivity contribution is 0.0497. The maximum atomic E-state index is 13.3. The van der Waals surface area contributed by atoms with Crippen LogP contribution in [0.25, 0.3) is 10.2 Å². The van der Waals surface area contributed by atoms with Crippen LogP contribution in [-0.4, -0.2) is 20.8 Å². The minimum Gasteiger partial charge on any atom is -0.443 e. The Morgan fingerprint density at radius 1 is 1.26 bits per heavy atom. The summed E-state index contributed by atoms with van der Waals surface area (Å²) in [7, 11) is 0. The Hall–Kier alpha value is -2.13. The van der Waals surface area contributed by atoms with Crippen molar-refractivity contribution in [2.45, 2.75) is 85.0 Å². The van der Waals surface area contributed by atoms with E-state index in [2.05, 4.69) is 17.8 Å². The zero-order valence-corrected chi connectivity index (χ0v) is 19.7. The number of hydrogen-bond donors (Lipinski definition) is 2. The number of amides is 1. The fourth-order valence-electron chi connectivity index (χ4n) is 4.13. The molecule has 0 bridgehead atoms. The standard InChI is InChI=1S/C22H32N4O4S/c1-12-9-15(12)26-18(27)17-13(2)16(10-23-24-20(28)30-22(3,4)5)31-19(17)25(21(26)29)11-14-7-6-8-14/h12,14-15,23H,6-11H2,1-5H3,(H,24,28)/t12-,15-/m0/s1. The molecule has 0 saturated heterocycles. The number of carbonyl (C=O) groups excluding carboxylic acids is 1. The second-order valence-corrected chi connectivity index (χ2v) is 11.0. The van der Waals surface area contributed by atoms with Crippen molar-refractivity contribution >= 4 is 27.6 Å². The smallest absolute Gasteiger partial charge is 0.422 e. The van der Waals surface area contributed by atoms with E-state index >= 15 is 0 Å². The number of thiophene rings is 1. The van der Waals surface area contributed by atoms with Gasteiger partial charge in [-0.25, -0.2) is 15.0 Å². The van der Waals surface area contributed by atoms with Crippen LogP contribution in [-0.2, 0) is 17.8 Å². The van der Waals surface area contributed by atoms with Crippen molar-refractivity contribution in [3.05, 3.63) is 31.3 Å². The molecule has 2 aliphatic carbocycles. The van der Waals surface area contributed by atoms with Gasteiger partial charge >= 0.3 is 11.8 Å². The van der Waals surface area contributed by atoms with Crippen LogP contribution in [0.4, 0.5) is 4.79 Å². The minimum atomic E-state index is -0.581. The molecule has 1 amide bonds. The molecule has 2 aliphatic rings. The SMILES string of the molecule is Cc1c(CNNC(=O)OC(C)(C)C)sc2c1c(=O)n([C@H]1C[C@@H]1C)c(=O)n2CC1CCC1. The van der Waals surface area contributed by atoms with Gasteiger partial charge in [-0.15, -0.1) is 11.3 Å². The molecule has 170 valence electrons. The first-order valence-corrected chi connectivity index (χ1v) is 11.9. The highest BCUT2D eigenvalue weighted by Crippen LogP contribution is 2.41. The first-order valence-electron chi connectivity index (χ1n) is 11.1. The summed E-state index contributed by atoms with van der Waals surface area (Å²) in [6.07, 6.45) is 3.79. The van der Waals surface area contributed by atoms with Gasteiger partial charge in [-0.1, -0.05) is 13.3 Å². The average molecular weight is 449 g/mol. The van der Waals surface area contributed by atoms with E-state index in [1.807, 2.05) is 11.5 Å². The normalized spacial score (nSPS) is 21.2. The van der Waals surface area contributed by atoms with Crippen molar-refractivity contribution in [2.75, 3.05) is 0 Å². The summed E-state index contributed by atoms with van der Waals surface area (Å²) < 4.78 is 8.55. The van der Waals surface area contributed by atoms with E-state index in [1.54, 1.807) is 20.8 Å². The summed E-state index contributed by atoms with van der Waals surface area (Å²) in [5.74, 6) is 0.861. The quantitative estimate of drug-likeness (QED) is 0.660. The lowest BCUT2D eigenvalue weighted by Gasteiger charge is -2.26. The van der Waals surface area contributed by atoms with E-state index < -0.39 is 11.7 Å². The number of aryl methyl sites for hydroxylation is 1. The second-order valence-electron chi connectivity index (χ2n) is 9.96. The zero-order chi connectivity index (χ0) is 22.5. The van der Waals surface area contributed by atoms with Crippen LogP contribution in [0.15, 0.2) is 9.59 Å². The summed E-state index contributed by atoms with van der Waals surface area (Å²) in [6.45, 7) is 10.4. The predicted molar refractivity (Wildman–Crippen MR) is 121 cm³/mol. The van der Waals surface area contributed by atoms with E-state index in [9.17, 15) is 14.4 Å². The van der Waals surface area contributed by atoms with Gasteiger partial charge in [0, 0.05) is 24.0 Å². The Balaban J connectivity index is 1.65. The van der Waals surface area contributed by atoms with Crippen LogP contribution in [0, 0.1) is 18.8 Å². The van der Waals surface area contributed by atoms with Crippen molar-refractivity contribution in [3.63, 3.8) is 0 Å². The third-order valence-electron chi connectivity index (χ3n) is 6.24. The average Bonchev–Trinajstić information content (AvgIpc) is 3.23. The van der Waals surface area contributed by atoms with Gasteiger partial charge in [0.2, 0.25) is 0 Å². The third-order valence-corrected chi connectivity index (χ3v) is 7.56. The van der Waals surface area contributed by atoms with Crippen molar-refractivity contribution in [3.8, 4) is 0 Å². The number of aromatic nitrogens is 2. The lowest BCUT2D eigenvalue weighted by atomic mass is 9.85. The molecule has 2 aromatic heterocycles. The lowest BCUT2D eigenvalue weighted by Crippen LogP contribution is -2.41. The fraction of sp³-hybridized carbons (Fsp3) is 0.682. The van der Waals surface area contributed by atoms with Gasteiger partial charge < -0.3 is 4.74 Å². The van der Waals surface area contributed by atoms with Crippen molar-refractivity contribution in [2.24, 2.45) is 11.8 Å². The summed E-state index contributed by atoms with van der Waals surface area (Å²) >= 11 is 1.46. The number of ether oxygens (including phenoxy) is 1. The van der Waals surface area contributed by atoms with Crippen LogP contribution in [0.5, 0.6) is 0 Å². The number of fused-ring (bicyclic) bond motifs is 1. The fourth-order valence-corrected chi connectivity index (χ4v) is 5.37. The molecule has 2 heterocycles. The molecule has 0 unspecified atom stereocenters. The molecular weight excluding hydrogens is 416 g/mol. The van der Waals surface area contributed by atoms with E-state index in [0.717, 1.165) is 34.5 Å². The van der Waals surface area contributed by atoms with Gasteiger partial charge in [0.05, 0.1) is 5.39 Å². The first-order chi connectivity index (χ1) is 14.6. The summed E-state index contributed by atoms with van der Waals surface area (Å²) in [6, 6.07) is 0.00625. The molecular formula is C22H32N4O4S. The van der Waals surface area contributed by atoms with Gasteiger partial charge in [-0.3, -0.25) is 19.4 Å². The Kier molecular flexibility index (Phi) is 5.76. The highest BCUT2D eigenvalue weighted by Gasteiger charge is 2.38. The molecule has 0 spiro atoms. The number of carbonyl (C=O) groups is 1.